The molecule has 0 aliphatic carbocycles. The van der Waals surface area contributed by atoms with Crippen molar-refractivity contribution in [3.05, 3.63) is 23.4 Å². The number of rotatable bonds is 5. The van der Waals surface area contributed by atoms with Crippen LogP contribution in [0.2, 0.25) is 0 Å². The Kier molecular flexibility index (Phi) is 4.71. The van der Waals surface area contributed by atoms with Gasteiger partial charge >= 0.3 is 0 Å². The molecule has 2 rings (SSSR count). The molecule has 1 saturated heterocycles. The number of aromatic nitrogens is 1. The lowest BCUT2D eigenvalue weighted by Gasteiger charge is -2.24. The third kappa shape index (κ3) is 3.64. The summed E-state index contributed by atoms with van der Waals surface area (Å²) in [5.41, 5.74) is 7.53. The van der Waals surface area contributed by atoms with Crippen LogP contribution in [0.25, 0.3) is 0 Å². The monoisotopic (exact) mass is 278 g/mol. The zero-order chi connectivity index (χ0) is 13.8. The minimum absolute atomic E-state index is 0.392. The lowest BCUT2D eigenvalue weighted by atomic mass is 10.2. The van der Waals surface area contributed by atoms with Crippen LogP contribution in [0, 0.1) is 6.92 Å². The number of likely N-dealkylation sites (tertiary alicyclic amines) is 1. The Balaban J connectivity index is 2.01. The van der Waals surface area contributed by atoms with Gasteiger partial charge in [-0.15, -0.1) is 0 Å². The van der Waals surface area contributed by atoms with E-state index in [-0.39, 0.29) is 0 Å². The number of nitrogens with zero attached hydrogens (tertiary/aromatic N) is 2. The molecular weight excluding hydrogens is 256 g/mol. The Morgan fingerprint density at radius 1 is 1.47 bits per heavy atom. The van der Waals surface area contributed by atoms with Crippen LogP contribution in [-0.4, -0.2) is 40.5 Å². The Morgan fingerprint density at radius 3 is 2.79 bits per heavy atom. The molecule has 3 N–H and O–H groups in total. The lowest BCUT2D eigenvalue weighted by Crippen LogP contribution is -2.36. The maximum absolute atomic E-state index is 5.73. The lowest BCUT2D eigenvalue weighted by molar-refractivity contribution is 0.269. The molecule has 1 aromatic rings. The average molecular weight is 278 g/mol. The van der Waals surface area contributed by atoms with Gasteiger partial charge in [-0.05, 0) is 51.9 Å². The molecule has 1 aliphatic heterocycles. The van der Waals surface area contributed by atoms with E-state index in [1.165, 1.54) is 25.9 Å². The fourth-order valence-corrected chi connectivity index (χ4v) is 2.61. The van der Waals surface area contributed by atoms with Gasteiger partial charge in [-0.2, -0.15) is 0 Å². The van der Waals surface area contributed by atoms with E-state index in [1.54, 1.807) is 0 Å². The third-order valence-corrected chi connectivity index (χ3v) is 3.85. The molecule has 1 atom stereocenters. The Labute approximate surface area is 120 Å². The predicted molar refractivity (Wildman–Crippen MR) is 83.6 cm³/mol. The van der Waals surface area contributed by atoms with Crippen LogP contribution in [0.4, 0.5) is 5.82 Å². The molecule has 2 heterocycles. The number of anilines is 1. The highest BCUT2D eigenvalue weighted by Gasteiger charge is 2.18. The second-order valence-electron chi connectivity index (χ2n) is 5.19. The van der Waals surface area contributed by atoms with Gasteiger partial charge in [-0.25, -0.2) is 4.98 Å². The zero-order valence-electron chi connectivity index (χ0n) is 11.6. The fourth-order valence-electron chi connectivity index (χ4n) is 2.45. The summed E-state index contributed by atoms with van der Waals surface area (Å²) in [6.45, 7) is 7.48. The molecule has 0 bridgehead atoms. The van der Waals surface area contributed by atoms with Gasteiger partial charge in [0.15, 0.2) is 0 Å². The van der Waals surface area contributed by atoms with E-state index in [1.807, 2.05) is 19.1 Å². The normalized spacial score (nSPS) is 17.4. The van der Waals surface area contributed by atoms with Gasteiger partial charge in [0.2, 0.25) is 0 Å². The second kappa shape index (κ2) is 6.30. The Morgan fingerprint density at radius 2 is 2.16 bits per heavy atom. The Bertz CT molecular complexity index is 455. The van der Waals surface area contributed by atoms with Crippen molar-refractivity contribution in [3.8, 4) is 0 Å². The predicted octanol–water partition coefficient (Wildman–Crippen LogP) is 1.92. The average Bonchev–Trinajstić information content (AvgIpc) is 2.89. The van der Waals surface area contributed by atoms with Crippen molar-refractivity contribution in [1.82, 2.24) is 9.88 Å². The molecule has 0 radical (unpaired) electrons. The first-order valence-corrected chi connectivity index (χ1v) is 7.24. The number of aryl methyl sites for hydroxylation is 1. The largest absolute Gasteiger partial charge is 0.389 e. The van der Waals surface area contributed by atoms with Crippen molar-refractivity contribution in [1.29, 1.82) is 0 Å². The quantitative estimate of drug-likeness (QED) is 0.806. The van der Waals surface area contributed by atoms with Gasteiger partial charge in [-0.1, -0.05) is 12.2 Å². The summed E-state index contributed by atoms with van der Waals surface area (Å²) >= 11 is 5.07. The number of nitrogens with two attached hydrogens (primary N) is 1. The van der Waals surface area contributed by atoms with E-state index < -0.39 is 0 Å². The van der Waals surface area contributed by atoms with Crippen molar-refractivity contribution in [2.45, 2.75) is 32.7 Å². The summed E-state index contributed by atoms with van der Waals surface area (Å²) in [6, 6.07) is 4.38. The molecule has 1 fully saturated rings. The highest BCUT2D eigenvalue weighted by Crippen LogP contribution is 2.15. The molecule has 104 valence electrons. The summed E-state index contributed by atoms with van der Waals surface area (Å²) in [4.78, 5) is 7.39. The van der Waals surface area contributed by atoms with Gasteiger partial charge in [0.25, 0.3) is 0 Å². The van der Waals surface area contributed by atoms with Gasteiger partial charge in [0.1, 0.15) is 10.8 Å². The standard InChI is InChI=1S/C14H22N4S/c1-10-5-6-12(13(15)19)14(17-10)16-9-11(2)18-7-3-4-8-18/h5-6,11H,3-4,7-9H2,1-2H3,(H2,15,19)(H,16,17). The molecule has 1 aromatic heterocycles. The maximum Gasteiger partial charge on any atom is 0.136 e. The molecule has 4 nitrogen and oxygen atoms in total. The topological polar surface area (TPSA) is 54.2 Å². The first-order chi connectivity index (χ1) is 9.08. The van der Waals surface area contributed by atoms with Crippen LogP contribution in [0.5, 0.6) is 0 Å². The highest BCUT2D eigenvalue weighted by molar-refractivity contribution is 7.80. The van der Waals surface area contributed by atoms with Crippen LogP contribution in [0.3, 0.4) is 0 Å². The Hall–Kier alpha value is -1.20. The summed E-state index contributed by atoms with van der Waals surface area (Å²) in [6.07, 6.45) is 2.62. The van der Waals surface area contributed by atoms with Gasteiger partial charge in [0, 0.05) is 18.3 Å². The van der Waals surface area contributed by atoms with E-state index in [0.29, 0.717) is 11.0 Å². The smallest absolute Gasteiger partial charge is 0.136 e. The van der Waals surface area contributed by atoms with E-state index >= 15 is 0 Å². The third-order valence-electron chi connectivity index (χ3n) is 3.63. The molecule has 1 unspecified atom stereocenters. The summed E-state index contributed by atoms with van der Waals surface area (Å²) in [7, 11) is 0. The van der Waals surface area contributed by atoms with Crippen LogP contribution < -0.4 is 11.1 Å². The summed E-state index contributed by atoms with van der Waals surface area (Å²) in [5.74, 6) is 0.804. The minimum Gasteiger partial charge on any atom is -0.389 e. The van der Waals surface area contributed by atoms with E-state index in [9.17, 15) is 0 Å². The molecule has 5 heteroatoms. The first kappa shape index (κ1) is 14.2. The molecule has 1 aliphatic rings. The molecule has 0 saturated carbocycles. The van der Waals surface area contributed by atoms with Crippen LogP contribution in [-0.2, 0) is 0 Å². The van der Waals surface area contributed by atoms with E-state index in [0.717, 1.165) is 23.6 Å². The first-order valence-electron chi connectivity index (χ1n) is 6.83. The number of hydrogen-bond acceptors (Lipinski definition) is 4. The van der Waals surface area contributed by atoms with Crippen molar-refractivity contribution >= 4 is 23.0 Å². The van der Waals surface area contributed by atoms with E-state index in [4.69, 9.17) is 18.0 Å². The molecule has 0 spiro atoms. The zero-order valence-corrected chi connectivity index (χ0v) is 12.5. The second-order valence-corrected chi connectivity index (χ2v) is 5.63. The van der Waals surface area contributed by atoms with Crippen LogP contribution in [0.1, 0.15) is 31.0 Å². The number of thiocarbonyl (C=S) groups is 1. The van der Waals surface area contributed by atoms with Gasteiger partial charge in [-0.3, -0.25) is 4.90 Å². The van der Waals surface area contributed by atoms with Crippen molar-refractivity contribution < 1.29 is 0 Å². The van der Waals surface area contributed by atoms with E-state index in [2.05, 4.69) is 22.1 Å². The van der Waals surface area contributed by atoms with Crippen molar-refractivity contribution in [2.75, 3.05) is 25.0 Å². The number of nitrogens with one attached hydrogen (secondary N) is 1. The molecule has 0 aromatic carbocycles. The summed E-state index contributed by atoms with van der Waals surface area (Å²) in [5, 5.41) is 3.39. The molecule has 0 amide bonds. The SMILES string of the molecule is Cc1ccc(C(N)=S)c(NCC(C)N2CCCC2)n1. The van der Waals surface area contributed by atoms with Crippen LogP contribution >= 0.6 is 12.2 Å². The number of hydrogen-bond donors (Lipinski definition) is 2. The number of pyridine rings is 1. The van der Waals surface area contributed by atoms with Gasteiger partial charge in [0.05, 0.1) is 5.56 Å². The minimum atomic E-state index is 0.392. The van der Waals surface area contributed by atoms with Crippen molar-refractivity contribution in [2.24, 2.45) is 5.73 Å². The maximum atomic E-state index is 5.73. The molecular formula is C14H22N4S. The summed E-state index contributed by atoms with van der Waals surface area (Å²) < 4.78 is 0. The van der Waals surface area contributed by atoms with Gasteiger partial charge < -0.3 is 11.1 Å². The molecule has 19 heavy (non-hydrogen) atoms. The van der Waals surface area contributed by atoms with Crippen molar-refractivity contribution in [3.63, 3.8) is 0 Å². The van der Waals surface area contributed by atoms with Crippen LogP contribution in [0.15, 0.2) is 12.1 Å². The fraction of sp³-hybridized carbons (Fsp3) is 0.571. The highest BCUT2D eigenvalue weighted by atomic mass is 32.1.